The van der Waals surface area contributed by atoms with Crippen molar-refractivity contribution in [3.63, 3.8) is 0 Å². The monoisotopic (exact) mass is 149 g/mol. The van der Waals surface area contributed by atoms with E-state index in [0.717, 1.165) is 0 Å². The molecule has 2 rings (SSSR count). The molecular weight excluding hydrogens is 134 g/mol. The van der Waals surface area contributed by atoms with Gasteiger partial charge < -0.3 is 0 Å². The van der Waals surface area contributed by atoms with E-state index in [2.05, 4.69) is 4.98 Å². The van der Waals surface area contributed by atoms with E-state index >= 15 is 0 Å². The highest BCUT2D eigenvalue weighted by Crippen LogP contribution is 2.15. The van der Waals surface area contributed by atoms with Gasteiger partial charge in [-0.05, 0) is 12.1 Å². The van der Waals surface area contributed by atoms with Crippen LogP contribution in [0.25, 0.3) is 0 Å². The van der Waals surface area contributed by atoms with Crippen LogP contribution in [0.3, 0.4) is 0 Å². The van der Waals surface area contributed by atoms with E-state index in [1.165, 1.54) is 32.1 Å². The summed E-state index contributed by atoms with van der Waals surface area (Å²) in [6.07, 6.45) is 11.0. The van der Waals surface area contributed by atoms with Crippen LogP contribution in [0.2, 0.25) is 0 Å². The molecule has 1 aliphatic carbocycles. The predicted octanol–water partition coefficient (Wildman–Crippen LogP) is 3.03. The van der Waals surface area contributed by atoms with E-state index in [4.69, 9.17) is 0 Å². The van der Waals surface area contributed by atoms with Crippen LogP contribution in [0.15, 0.2) is 30.6 Å². The first-order valence-corrected chi connectivity index (χ1v) is 4.35. The van der Waals surface area contributed by atoms with Gasteiger partial charge in [-0.25, -0.2) is 0 Å². The number of hydrogen-bond donors (Lipinski definition) is 0. The Morgan fingerprint density at radius 3 is 1.27 bits per heavy atom. The second-order valence-corrected chi connectivity index (χ2v) is 2.79. The van der Waals surface area contributed by atoms with Gasteiger partial charge in [0.15, 0.2) is 0 Å². The van der Waals surface area contributed by atoms with Crippen LogP contribution in [0.1, 0.15) is 32.1 Å². The minimum Gasteiger partial charge on any atom is -0.265 e. The molecule has 1 fully saturated rings. The third-order valence-corrected chi connectivity index (χ3v) is 1.82. The average Bonchev–Trinajstić information content (AvgIpc) is 2.64. The Balaban J connectivity index is 0.000000112. The van der Waals surface area contributed by atoms with Gasteiger partial charge in [-0.15, -0.1) is 0 Å². The predicted molar refractivity (Wildman–Crippen MR) is 47.3 cm³/mol. The first kappa shape index (κ1) is 8.25. The Morgan fingerprint density at radius 2 is 1.09 bits per heavy atom. The Kier molecular flexibility index (Phi) is 4.42. The molecule has 0 unspecified atom stereocenters. The van der Waals surface area contributed by atoms with Crippen molar-refractivity contribution in [2.24, 2.45) is 0 Å². The Hall–Kier alpha value is -0.850. The summed E-state index contributed by atoms with van der Waals surface area (Å²) in [5, 5.41) is 0. The SMILES string of the molecule is C1CCCC1.c1ccncc1. The summed E-state index contributed by atoms with van der Waals surface area (Å²) in [5.74, 6) is 0. The maximum Gasteiger partial charge on any atom is 0.0267 e. The molecule has 1 saturated carbocycles. The van der Waals surface area contributed by atoms with Gasteiger partial charge in [-0.2, -0.15) is 0 Å². The summed E-state index contributed by atoms with van der Waals surface area (Å²) in [4.78, 5) is 3.78. The van der Waals surface area contributed by atoms with Crippen molar-refractivity contribution in [1.82, 2.24) is 4.98 Å². The minimum absolute atomic E-state index is 1.50. The molecule has 0 N–H and O–H groups in total. The third-order valence-electron chi connectivity index (χ3n) is 1.82. The number of nitrogens with zero attached hydrogens (tertiary/aromatic N) is 1. The second-order valence-electron chi connectivity index (χ2n) is 2.79. The van der Waals surface area contributed by atoms with Gasteiger partial charge in [-0.3, -0.25) is 4.98 Å². The van der Waals surface area contributed by atoms with Crippen LogP contribution in [0.5, 0.6) is 0 Å². The number of hydrogen-bond acceptors (Lipinski definition) is 1. The van der Waals surface area contributed by atoms with E-state index in [1.54, 1.807) is 12.4 Å². The molecule has 0 aromatic carbocycles. The van der Waals surface area contributed by atoms with Gasteiger partial charge in [0.05, 0.1) is 0 Å². The number of aromatic nitrogens is 1. The highest BCUT2D eigenvalue weighted by Gasteiger charge is 1.95. The Morgan fingerprint density at radius 1 is 0.636 bits per heavy atom. The summed E-state index contributed by atoms with van der Waals surface area (Å²) >= 11 is 0. The van der Waals surface area contributed by atoms with Gasteiger partial charge in [0.1, 0.15) is 0 Å². The minimum atomic E-state index is 1.50. The molecule has 60 valence electrons. The molecule has 0 spiro atoms. The maximum atomic E-state index is 3.78. The van der Waals surface area contributed by atoms with Gasteiger partial charge in [0, 0.05) is 12.4 Å². The molecular formula is C10H15N. The van der Waals surface area contributed by atoms with Crippen molar-refractivity contribution in [2.75, 3.05) is 0 Å². The van der Waals surface area contributed by atoms with Crippen molar-refractivity contribution < 1.29 is 0 Å². The molecule has 11 heavy (non-hydrogen) atoms. The van der Waals surface area contributed by atoms with E-state index in [9.17, 15) is 0 Å². The first-order valence-electron chi connectivity index (χ1n) is 4.35. The normalized spacial score (nSPS) is 15.3. The fraction of sp³-hybridized carbons (Fsp3) is 0.500. The van der Waals surface area contributed by atoms with Crippen LogP contribution in [-0.4, -0.2) is 4.98 Å². The lowest BCUT2D eigenvalue weighted by Gasteiger charge is -1.70. The summed E-state index contributed by atoms with van der Waals surface area (Å²) in [5.41, 5.74) is 0. The van der Waals surface area contributed by atoms with Gasteiger partial charge in [0.25, 0.3) is 0 Å². The summed E-state index contributed by atoms with van der Waals surface area (Å²) in [6, 6.07) is 5.72. The molecule has 0 saturated heterocycles. The topological polar surface area (TPSA) is 12.9 Å². The second kappa shape index (κ2) is 5.90. The quantitative estimate of drug-likeness (QED) is 0.552. The maximum absolute atomic E-state index is 3.78. The highest BCUT2D eigenvalue weighted by atomic mass is 14.6. The Bertz CT molecular complexity index is 121. The molecule has 0 aliphatic heterocycles. The number of rotatable bonds is 0. The zero-order valence-electron chi connectivity index (χ0n) is 6.87. The molecule has 0 amide bonds. The largest absolute Gasteiger partial charge is 0.265 e. The van der Waals surface area contributed by atoms with Crippen LogP contribution in [0, 0.1) is 0 Å². The van der Waals surface area contributed by atoms with Crippen molar-refractivity contribution in [3.8, 4) is 0 Å². The van der Waals surface area contributed by atoms with Crippen LogP contribution < -0.4 is 0 Å². The fourth-order valence-electron chi connectivity index (χ4n) is 1.20. The lowest BCUT2D eigenvalue weighted by molar-refractivity contribution is 0.886. The van der Waals surface area contributed by atoms with Crippen LogP contribution in [-0.2, 0) is 0 Å². The van der Waals surface area contributed by atoms with E-state index in [1.807, 2.05) is 18.2 Å². The zero-order valence-corrected chi connectivity index (χ0v) is 6.87. The molecule has 1 nitrogen and oxygen atoms in total. The van der Waals surface area contributed by atoms with Gasteiger partial charge >= 0.3 is 0 Å². The van der Waals surface area contributed by atoms with Crippen molar-refractivity contribution in [1.29, 1.82) is 0 Å². The average molecular weight is 149 g/mol. The Labute approximate surface area is 68.5 Å². The van der Waals surface area contributed by atoms with Crippen LogP contribution in [0.4, 0.5) is 0 Å². The van der Waals surface area contributed by atoms with Crippen molar-refractivity contribution in [2.45, 2.75) is 32.1 Å². The van der Waals surface area contributed by atoms with Crippen LogP contribution >= 0.6 is 0 Å². The highest BCUT2D eigenvalue weighted by molar-refractivity contribution is 4.88. The number of pyridine rings is 1. The lowest BCUT2D eigenvalue weighted by Crippen LogP contribution is -1.58. The lowest BCUT2D eigenvalue weighted by atomic mass is 10.4. The molecule has 0 atom stereocenters. The zero-order chi connectivity index (χ0) is 7.78. The first-order chi connectivity index (χ1) is 5.50. The van der Waals surface area contributed by atoms with E-state index in [0.29, 0.717) is 0 Å². The van der Waals surface area contributed by atoms with E-state index < -0.39 is 0 Å². The molecule has 1 aliphatic rings. The molecule has 0 radical (unpaired) electrons. The molecule has 1 aromatic rings. The van der Waals surface area contributed by atoms with Crippen molar-refractivity contribution in [3.05, 3.63) is 30.6 Å². The standard InChI is InChI=1S/C5H5N.C5H10/c1-2-4-6-5-3-1;1-2-4-5-3-1/h1-5H;1-5H2. The molecule has 1 aromatic heterocycles. The summed E-state index contributed by atoms with van der Waals surface area (Å²) in [6.45, 7) is 0. The molecule has 1 heterocycles. The van der Waals surface area contributed by atoms with Crippen molar-refractivity contribution >= 4 is 0 Å². The van der Waals surface area contributed by atoms with E-state index in [-0.39, 0.29) is 0 Å². The molecule has 0 bridgehead atoms. The summed E-state index contributed by atoms with van der Waals surface area (Å²) < 4.78 is 0. The summed E-state index contributed by atoms with van der Waals surface area (Å²) in [7, 11) is 0. The third kappa shape index (κ3) is 4.54. The smallest absolute Gasteiger partial charge is 0.0267 e. The fourth-order valence-corrected chi connectivity index (χ4v) is 1.20. The van der Waals surface area contributed by atoms with Gasteiger partial charge in [-0.1, -0.05) is 38.2 Å². The van der Waals surface area contributed by atoms with Gasteiger partial charge in [0.2, 0.25) is 0 Å². The molecule has 1 heteroatoms.